The van der Waals surface area contributed by atoms with Crippen LogP contribution in [-0.2, 0) is 6.54 Å². The van der Waals surface area contributed by atoms with Crippen molar-refractivity contribution in [1.29, 1.82) is 0 Å². The molecule has 2 nitrogen and oxygen atoms in total. The predicted octanol–water partition coefficient (Wildman–Crippen LogP) is 3.80. The molecule has 0 aromatic carbocycles. The van der Waals surface area contributed by atoms with E-state index in [0.29, 0.717) is 0 Å². The van der Waals surface area contributed by atoms with E-state index in [1.807, 2.05) is 11.3 Å². The van der Waals surface area contributed by atoms with Crippen LogP contribution >= 0.6 is 11.3 Å². The topological polar surface area (TPSA) is 15.3 Å². The Bertz CT molecular complexity index is 413. The van der Waals surface area contributed by atoms with Gasteiger partial charge >= 0.3 is 0 Å². The van der Waals surface area contributed by atoms with Gasteiger partial charge in [0.05, 0.1) is 0 Å². The summed E-state index contributed by atoms with van der Waals surface area (Å²) < 4.78 is 0. The third-order valence-electron chi connectivity index (χ3n) is 5.19. The van der Waals surface area contributed by atoms with Crippen LogP contribution in [0, 0.1) is 12.8 Å². The number of fused-ring (bicyclic) bond motifs is 1. The lowest BCUT2D eigenvalue weighted by molar-refractivity contribution is 0.0618. The fourth-order valence-corrected chi connectivity index (χ4v) is 4.89. The first-order valence-electron chi connectivity index (χ1n) is 8.32. The van der Waals surface area contributed by atoms with Gasteiger partial charge in [-0.25, -0.2) is 0 Å². The second-order valence-corrected chi connectivity index (χ2v) is 7.49. The standard InChI is InChI=1S/C17H28N2S/c1-14-8-12-20-17(14)13-18-9-11-19-10-4-6-15-5-2-3-7-16(15)19/h8,12,15-16,18H,2-7,9-11,13H2,1H3/t15-,16-/m1/s1. The van der Waals surface area contributed by atoms with E-state index < -0.39 is 0 Å². The summed E-state index contributed by atoms with van der Waals surface area (Å²) in [5, 5.41) is 5.84. The van der Waals surface area contributed by atoms with E-state index >= 15 is 0 Å². The van der Waals surface area contributed by atoms with Crippen molar-refractivity contribution in [3.05, 3.63) is 21.9 Å². The SMILES string of the molecule is Cc1ccsc1CNCCN1CCC[C@H]2CCCC[C@H]21. The van der Waals surface area contributed by atoms with Gasteiger partial charge in [0.25, 0.3) is 0 Å². The lowest BCUT2D eigenvalue weighted by Gasteiger charge is -2.44. The molecule has 2 fully saturated rings. The molecule has 0 radical (unpaired) electrons. The van der Waals surface area contributed by atoms with Crippen LogP contribution in [-0.4, -0.2) is 30.6 Å². The molecule has 1 aromatic rings. The first-order chi connectivity index (χ1) is 9.84. The third-order valence-corrected chi connectivity index (χ3v) is 6.21. The Morgan fingerprint density at radius 3 is 2.95 bits per heavy atom. The molecule has 2 heterocycles. The van der Waals surface area contributed by atoms with E-state index in [4.69, 9.17) is 0 Å². The zero-order valence-electron chi connectivity index (χ0n) is 12.7. The molecule has 2 aliphatic rings. The molecule has 1 aromatic heterocycles. The van der Waals surface area contributed by atoms with Gasteiger partial charge in [0.1, 0.15) is 0 Å². The summed E-state index contributed by atoms with van der Waals surface area (Å²) in [5.41, 5.74) is 1.44. The van der Waals surface area contributed by atoms with Crippen LogP contribution in [0.2, 0.25) is 0 Å². The number of likely N-dealkylation sites (tertiary alicyclic amines) is 1. The molecule has 0 spiro atoms. The largest absolute Gasteiger partial charge is 0.311 e. The molecule has 1 N–H and O–H groups in total. The highest BCUT2D eigenvalue weighted by molar-refractivity contribution is 7.10. The Morgan fingerprint density at radius 2 is 2.10 bits per heavy atom. The van der Waals surface area contributed by atoms with Crippen LogP contribution in [0.25, 0.3) is 0 Å². The Hall–Kier alpha value is -0.380. The van der Waals surface area contributed by atoms with Gasteiger partial charge in [-0.1, -0.05) is 12.8 Å². The number of aryl methyl sites for hydroxylation is 1. The molecular formula is C17H28N2S. The zero-order valence-corrected chi connectivity index (χ0v) is 13.6. The number of hydrogen-bond donors (Lipinski definition) is 1. The van der Waals surface area contributed by atoms with Gasteiger partial charge in [0.2, 0.25) is 0 Å². The average molecular weight is 292 g/mol. The van der Waals surface area contributed by atoms with Crippen molar-refractivity contribution < 1.29 is 0 Å². The monoisotopic (exact) mass is 292 g/mol. The minimum Gasteiger partial charge on any atom is -0.311 e. The highest BCUT2D eigenvalue weighted by atomic mass is 32.1. The Morgan fingerprint density at radius 1 is 1.25 bits per heavy atom. The predicted molar refractivity (Wildman–Crippen MR) is 87.3 cm³/mol. The summed E-state index contributed by atoms with van der Waals surface area (Å²) >= 11 is 1.88. The molecule has 0 unspecified atom stereocenters. The van der Waals surface area contributed by atoms with Gasteiger partial charge in [-0.3, -0.25) is 4.90 Å². The number of thiophene rings is 1. The third kappa shape index (κ3) is 3.44. The molecule has 1 aliphatic heterocycles. The van der Waals surface area contributed by atoms with Gasteiger partial charge in [-0.2, -0.15) is 0 Å². The Kier molecular flexibility index (Phi) is 5.14. The van der Waals surface area contributed by atoms with E-state index in [1.54, 1.807) is 0 Å². The van der Waals surface area contributed by atoms with Crippen LogP contribution in [0.1, 0.15) is 49.0 Å². The molecule has 0 bridgehead atoms. The highest BCUT2D eigenvalue weighted by Crippen LogP contribution is 2.34. The van der Waals surface area contributed by atoms with Crippen molar-refractivity contribution in [1.82, 2.24) is 10.2 Å². The summed E-state index contributed by atoms with van der Waals surface area (Å²) in [6, 6.07) is 3.13. The number of nitrogens with zero attached hydrogens (tertiary/aromatic N) is 1. The number of piperidine rings is 1. The average Bonchev–Trinajstić information content (AvgIpc) is 2.89. The summed E-state index contributed by atoms with van der Waals surface area (Å²) in [5.74, 6) is 1.01. The molecule has 1 saturated heterocycles. The molecule has 3 rings (SSSR count). The number of nitrogens with one attached hydrogen (secondary N) is 1. The van der Waals surface area contributed by atoms with Gasteiger partial charge < -0.3 is 5.32 Å². The van der Waals surface area contributed by atoms with Crippen LogP contribution < -0.4 is 5.32 Å². The Balaban J connectivity index is 1.42. The summed E-state index contributed by atoms with van der Waals surface area (Å²) in [4.78, 5) is 4.28. The fourth-order valence-electron chi connectivity index (χ4n) is 4.02. The van der Waals surface area contributed by atoms with Gasteiger partial charge in [-0.15, -0.1) is 11.3 Å². The van der Waals surface area contributed by atoms with Crippen molar-refractivity contribution in [3.63, 3.8) is 0 Å². The first-order valence-corrected chi connectivity index (χ1v) is 9.20. The molecule has 112 valence electrons. The molecule has 2 atom stereocenters. The van der Waals surface area contributed by atoms with Crippen LogP contribution in [0.4, 0.5) is 0 Å². The number of hydrogen-bond acceptors (Lipinski definition) is 3. The lowest BCUT2D eigenvalue weighted by atomic mass is 9.78. The summed E-state index contributed by atoms with van der Waals surface area (Å²) in [7, 11) is 0. The molecule has 3 heteroatoms. The smallest absolute Gasteiger partial charge is 0.0302 e. The maximum Gasteiger partial charge on any atom is 0.0302 e. The quantitative estimate of drug-likeness (QED) is 0.830. The summed E-state index contributed by atoms with van der Waals surface area (Å²) in [6.45, 7) is 6.98. The van der Waals surface area contributed by atoms with Gasteiger partial charge in [0, 0.05) is 30.6 Å². The molecule has 20 heavy (non-hydrogen) atoms. The van der Waals surface area contributed by atoms with E-state index in [9.17, 15) is 0 Å². The lowest BCUT2D eigenvalue weighted by Crippen LogP contribution is -2.48. The van der Waals surface area contributed by atoms with Gasteiger partial charge in [-0.05, 0) is 62.1 Å². The maximum atomic E-state index is 3.64. The van der Waals surface area contributed by atoms with Crippen molar-refractivity contribution >= 4 is 11.3 Å². The van der Waals surface area contributed by atoms with Crippen molar-refractivity contribution in [2.75, 3.05) is 19.6 Å². The molecule has 0 amide bonds. The summed E-state index contributed by atoms with van der Waals surface area (Å²) in [6.07, 6.45) is 8.79. The van der Waals surface area contributed by atoms with Crippen LogP contribution in [0.15, 0.2) is 11.4 Å². The second kappa shape index (κ2) is 7.06. The van der Waals surface area contributed by atoms with E-state index in [-0.39, 0.29) is 0 Å². The molecule has 1 aliphatic carbocycles. The molecule has 1 saturated carbocycles. The van der Waals surface area contributed by atoms with E-state index in [1.165, 1.54) is 62.1 Å². The van der Waals surface area contributed by atoms with Crippen molar-refractivity contribution in [3.8, 4) is 0 Å². The van der Waals surface area contributed by atoms with Gasteiger partial charge in [0.15, 0.2) is 0 Å². The van der Waals surface area contributed by atoms with Crippen LogP contribution in [0.5, 0.6) is 0 Å². The number of rotatable bonds is 5. The second-order valence-electron chi connectivity index (χ2n) is 6.49. The van der Waals surface area contributed by atoms with E-state index in [2.05, 4.69) is 28.6 Å². The van der Waals surface area contributed by atoms with E-state index in [0.717, 1.165) is 25.0 Å². The maximum absolute atomic E-state index is 3.64. The van der Waals surface area contributed by atoms with Crippen molar-refractivity contribution in [2.24, 2.45) is 5.92 Å². The highest BCUT2D eigenvalue weighted by Gasteiger charge is 2.32. The Labute approximate surface area is 127 Å². The minimum atomic E-state index is 0.905. The minimum absolute atomic E-state index is 0.905. The zero-order chi connectivity index (χ0) is 13.8. The molecular weight excluding hydrogens is 264 g/mol. The fraction of sp³-hybridized carbons (Fsp3) is 0.765. The van der Waals surface area contributed by atoms with Crippen LogP contribution in [0.3, 0.4) is 0 Å². The first kappa shape index (κ1) is 14.6. The normalized spacial score (nSPS) is 27.4. The van der Waals surface area contributed by atoms with Crippen molar-refractivity contribution in [2.45, 2.75) is 58.0 Å².